The molecule has 23 heavy (non-hydrogen) atoms. The van der Waals surface area contributed by atoms with Crippen LogP contribution in [0.15, 0.2) is 65.5 Å². The Morgan fingerprint density at radius 1 is 1.04 bits per heavy atom. The highest BCUT2D eigenvalue weighted by atomic mass is 16.2. The smallest absolute Gasteiger partial charge is 0.259 e. The molecule has 3 rings (SSSR count). The zero-order valence-corrected chi connectivity index (χ0v) is 13.2. The Hall–Kier alpha value is -2.88. The molecule has 0 atom stereocenters. The van der Waals surface area contributed by atoms with E-state index in [1.807, 2.05) is 61.5 Å². The molecule has 0 saturated heterocycles. The van der Waals surface area contributed by atoms with Gasteiger partial charge in [0.15, 0.2) is 0 Å². The monoisotopic (exact) mass is 306 g/mol. The molecular weight excluding hydrogens is 288 g/mol. The molecule has 116 valence electrons. The van der Waals surface area contributed by atoms with Gasteiger partial charge in [-0.25, -0.2) is 0 Å². The van der Waals surface area contributed by atoms with Crippen molar-refractivity contribution in [3.8, 4) is 0 Å². The van der Waals surface area contributed by atoms with Crippen LogP contribution in [0.5, 0.6) is 0 Å². The van der Waals surface area contributed by atoms with Crippen molar-refractivity contribution in [3.63, 3.8) is 0 Å². The zero-order chi connectivity index (χ0) is 16.4. The summed E-state index contributed by atoms with van der Waals surface area (Å²) in [6, 6.07) is 18.4. The number of fused-ring (bicyclic) bond motifs is 1. The second-order valence-corrected chi connectivity index (χ2v) is 5.36. The predicted octanol–water partition coefficient (Wildman–Crippen LogP) is 3.21. The van der Waals surface area contributed by atoms with Crippen LogP contribution in [0.25, 0.3) is 10.9 Å². The number of rotatable bonds is 3. The van der Waals surface area contributed by atoms with Crippen molar-refractivity contribution in [1.82, 2.24) is 4.57 Å². The molecule has 0 radical (unpaired) electrons. The zero-order valence-electron chi connectivity index (χ0n) is 13.2. The molecule has 0 saturated carbocycles. The highest BCUT2D eigenvalue weighted by Crippen LogP contribution is 2.21. The molecule has 1 aromatic heterocycles. The fourth-order valence-electron chi connectivity index (χ4n) is 2.78. The molecule has 0 aliphatic rings. The average Bonchev–Trinajstić information content (AvgIpc) is 2.59. The average molecular weight is 306 g/mol. The topological polar surface area (TPSA) is 42.3 Å². The van der Waals surface area contributed by atoms with E-state index >= 15 is 0 Å². The Bertz CT molecular complexity index is 914. The largest absolute Gasteiger partial charge is 0.311 e. The number of carbonyl (C=O) groups excluding carboxylic acids is 1. The van der Waals surface area contributed by atoms with Crippen LogP contribution in [0.3, 0.4) is 0 Å². The van der Waals surface area contributed by atoms with E-state index in [1.54, 1.807) is 16.5 Å². The van der Waals surface area contributed by atoms with Gasteiger partial charge >= 0.3 is 0 Å². The molecule has 1 amide bonds. The number of amides is 1. The fraction of sp³-hybridized carbons (Fsp3) is 0.158. The minimum absolute atomic E-state index is 0.160. The number of hydrogen-bond donors (Lipinski definition) is 0. The second kappa shape index (κ2) is 6.08. The molecule has 4 nitrogen and oxygen atoms in total. The molecule has 1 heterocycles. The molecule has 2 aromatic carbocycles. The van der Waals surface area contributed by atoms with E-state index in [9.17, 15) is 9.59 Å². The van der Waals surface area contributed by atoms with Crippen molar-refractivity contribution in [2.24, 2.45) is 7.05 Å². The van der Waals surface area contributed by atoms with E-state index in [4.69, 9.17) is 0 Å². The Morgan fingerprint density at radius 2 is 1.70 bits per heavy atom. The molecule has 0 aliphatic heterocycles. The number of carbonyl (C=O) groups is 1. The van der Waals surface area contributed by atoms with Crippen LogP contribution in [0.4, 0.5) is 5.69 Å². The number of hydrogen-bond acceptors (Lipinski definition) is 2. The maximum Gasteiger partial charge on any atom is 0.259 e. The van der Waals surface area contributed by atoms with Gasteiger partial charge in [-0.15, -0.1) is 0 Å². The van der Waals surface area contributed by atoms with Gasteiger partial charge in [0, 0.05) is 30.7 Å². The maximum absolute atomic E-state index is 13.0. The van der Waals surface area contributed by atoms with Gasteiger partial charge in [-0.2, -0.15) is 0 Å². The molecular formula is C19H18N2O2. The van der Waals surface area contributed by atoms with Gasteiger partial charge in [0.2, 0.25) is 0 Å². The summed E-state index contributed by atoms with van der Waals surface area (Å²) in [6.07, 6.45) is 0. The van der Waals surface area contributed by atoms with Crippen molar-refractivity contribution in [3.05, 3.63) is 76.6 Å². The lowest BCUT2D eigenvalue weighted by Gasteiger charge is -2.22. The molecule has 3 aromatic rings. The molecule has 0 fully saturated rings. The Morgan fingerprint density at radius 3 is 2.39 bits per heavy atom. The van der Waals surface area contributed by atoms with Crippen LogP contribution in [-0.4, -0.2) is 17.0 Å². The molecule has 0 N–H and O–H groups in total. The van der Waals surface area contributed by atoms with Gasteiger partial charge in [-0.05, 0) is 25.1 Å². The van der Waals surface area contributed by atoms with E-state index < -0.39 is 0 Å². The second-order valence-electron chi connectivity index (χ2n) is 5.36. The van der Waals surface area contributed by atoms with Crippen LogP contribution in [0, 0.1) is 0 Å². The SMILES string of the molecule is CCN(C(=O)c1cc(=O)n(C)c2ccccc12)c1ccccc1. The van der Waals surface area contributed by atoms with Crippen LogP contribution < -0.4 is 10.5 Å². The van der Waals surface area contributed by atoms with Crippen molar-refractivity contribution in [1.29, 1.82) is 0 Å². The molecule has 0 spiro atoms. The summed E-state index contributed by atoms with van der Waals surface area (Å²) in [7, 11) is 1.72. The summed E-state index contributed by atoms with van der Waals surface area (Å²) in [5.41, 5.74) is 1.84. The number of para-hydroxylation sites is 2. The number of aryl methyl sites for hydroxylation is 1. The van der Waals surface area contributed by atoms with Crippen molar-refractivity contribution in [2.45, 2.75) is 6.92 Å². The predicted molar refractivity (Wildman–Crippen MR) is 93.0 cm³/mol. The third-order valence-corrected chi connectivity index (χ3v) is 4.01. The van der Waals surface area contributed by atoms with E-state index in [0.29, 0.717) is 12.1 Å². The van der Waals surface area contributed by atoms with Gasteiger partial charge in [0.1, 0.15) is 0 Å². The normalized spacial score (nSPS) is 10.7. The summed E-state index contributed by atoms with van der Waals surface area (Å²) in [5.74, 6) is -0.160. The van der Waals surface area contributed by atoms with Crippen LogP contribution >= 0.6 is 0 Å². The van der Waals surface area contributed by atoms with E-state index in [1.165, 1.54) is 6.07 Å². The summed E-state index contributed by atoms with van der Waals surface area (Å²) in [6.45, 7) is 2.46. The van der Waals surface area contributed by atoms with Crippen molar-refractivity contribution in [2.75, 3.05) is 11.4 Å². The van der Waals surface area contributed by atoms with Crippen molar-refractivity contribution < 1.29 is 4.79 Å². The van der Waals surface area contributed by atoms with E-state index in [2.05, 4.69) is 0 Å². The van der Waals surface area contributed by atoms with Gasteiger partial charge < -0.3 is 9.47 Å². The quantitative estimate of drug-likeness (QED) is 0.745. The molecule has 0 aliphatic carbocycles. The first kappa shape index (κ1) is 15.0. The third kappa shape index (κ3) is 2.63. The summed E-state index contributed by atoms with van der Waals surface area (Å²) >= 11 is 0. The fourth-order valence-corrected chi connectivity index (χ4v) is 2.78. The van der Waals surface area contributed by atoms with Gasteiger partial charge in [-0.3, -0.25) is 9.59 Å². The highest BCUT2D eigenvalue weighted by molar-refractivity contribution is 6.13. The Balaban J connectivity index is 2.18. The number of nitrogens with zero attached hydrogens (tertiary/aromatic N) is 2. The summed E-state index contributed by atoms with van der Waals surface area (Å²) in [5, 5.41) is 0.786. The molecule has 4 heteroatoms. The first-order chi connectivity index (χ1) is 11.1. The minimum Gasteiger partial charge on any atom is -0.311 e. The lowest BCUT2D eigenvalue weighted by Crippen LogP contribution is -2.32. The van der Waals surface area contributed by atoms with Gasteiger partial charge in [-0.1, -0.05) is 36.4 Å². The lowest BCUT2D eigenvalue weighted by molar-refractivity contribution is 0.0989. The third-order valence-electron chi connectivity index (χ3n) is 4.01. The van der Waals surface area contributed by atoms with E-state index in [-0.39, 0.29) is 11.5 Å². The standard InChI is InChI=1S/C19H18N2O2/c1-3-21(14-9-5-4-6-10-14)19(23)16-13-18(22)20(2)17-12-8-7-11-15(16)17/h4-13H,3H2,1-2H3. The Labute approximate surface area is 134 Å². The molecule has 0 unspecified atom stereocenters. The maximum atomic E-state index is 13.0. The highest BCUT2D eigenvalue weighted by Gasteiger charge is 2.19. The number of pyridine rings is 1. The Kier molecular flexibility index (Phi) is 3.98. The number of benzene rings is 2. The summed E-state index contributed by atoms with van der Waals surface area (Å²) in [4.78, 5) is 26.9. The summed E-state index contributed by atoms with van der Waals surface area (Å²) < 4.78 is 1.56. The van der Waals surface area contributed by atoms with Crippen molar-refractivity contribution >= 4 is 22.5 Å². The van der Waals surface area contributed by atoms with Crippen LogP contribution in [0.1, 0.15) is 17.3 Å². The minimum atomic E-state index is -0.184. The van der Waals surface area contributed by atoms with Gasteiger partial charge in [0.05, 0.1) is 11.1 Å². The number of aromatic nitrogens is 1. The first-order valence-corrected chi connectivity index (χ1v) is 7.59. The van der Waals surface area contributed by atoms with Gasteiger partial charge in [0.25, 0.3) is 11.5 Å². The number of anilines is 1. The van der Waals surface area contributed by atoms with Crippen LogP contribution in [0.2, 0.25) is 0 Å². The van der Waals surface area contributed by atoms with E-state index in [0.717, 1.165) is 16.6 Å². The lowest BCUT2D eigenvalue weighted by atomic mass is 10.1. The first-order valence-electron chi connectivity index (χ1n) is 7.59. The van der Waals surface area contributed by atoms with Crippen LogP contribution in [-0.2, 0) is 7.05 Å². The molecule has 0 bridgehead atoms.